The molecule has 0 aromatic heterocycles. The van der Waals surface area contributed by atoms with Crippen LogP contribution in [0.1, 0.15) is 6.92 Å². The van der Waals surface area contributed by atoms with Crippen LogP contribution in [0.4, 0.5) is 5.69 Å². The number of benzene rings is 1. The predicted octanol–water partition coefficient (Wildman–Crippen LogP) is 0.498. The number of nitrogens with one attached hydrogen (secondary N) is 3. The molecule has 0 heterocycles. The second-order valence-electron chi connectivity index (χ2n) is 3.10. The number of hydrogen-bond acceptors (Lipinski definition) is 3. The van der Waals surface area contributed by atoms with Crippen molar-refractivity contribution in [2.24, 2.45) is 0 Å². The maximum absolute atomic E-state index is 11.5. The van der Waals surface area contributed by atoms with E-state index in [1.54, 1.807) is 38.2 Å². The van der Waals surface area contributed by atoms with Crippen LogP contribution in [0.25, 0.3) is 0 Å². The quantitative estimate of drug-likeness (QED) is 0.644. The lowest BCUT2D eigenvalue weighted by atomic mass is 10.3. The number of para-hydroxylation sites is 1. The van der Waals surface area contributed by atoms with Gasteiger partial charge in [-0.05, 0) is 26.1 Å². The third-order valence-corrected chi connectivity index (χ3v) is 2.96. The molecule has 5 nitrogen and oxygen atoms in total. The molecule has 1 unspecified atom stereocenters. The van der Waals surface area contributed by atoms with Crippen molar-refractivity contribution in [2.45, 2.75) is 13.1 Å². The Balaban J connectivity index is 2.65. The van der Waals surface area contributed by atoms with Crippen LogP contribution in [0.2, 0.25) is 0 Å². The first-order valence-corrected chi connectivity index (χ1v) is 6.04. The minimum Gasteiger partial charge on any atom is -0.304 e. The molecule has 1 atom stereocenters. The van der Waals surface area contributed by atoms with Crippen LogP contribution in [0, 0.1) is 0 Å². The van der Waals surface area contributed by atoms with Crippen molar-refractivity contribution in [3.8, 4) is 0 Å². The Labute approximate surface area is 90.1 Å². The van der Waals surface area contributed by atoms with Gasteiger partial charge in [0.25, 0.3) is 10.2 Å². The average Bonchev–Trinajstić information content (AvgIpc) is 2.17. The third-order valence-electron chi connectivity index (χ3n) is 1.79. The molecule has 0 amide bonds. The molecular formula is C9H15N3O2S. The van der Waals surface area contributed by atoms with Crippen LogP contribution in [-0.4, -0.2) is 21.6 Å². The summed E-state index contributed by atoms with van der Waals surface area (Å²) in [6, 6.07) is 8.71. The molecule has 3 N–H and O–H groups in total. The van der Waals surface area contributed by atoms with Gasteiger partial charge in [-0.25, -0.2) is 0 Å². The van der Waals surface area contributed by atoms with Gasteiger partial charge in [0.05, 0.1) is 6.17 Å². The molecule has 1 rings (SSSR count). The van der Waals surface area contributed by atoms with Gasteiger partial charge in [0.1, 0.15) is 0 Å². The first kappa shape index (κ1) is 12.0. The molecule has 0 spiro atoms. The number of anilines is 1. The van der Waals surface area contributed by atoms with Crippen molar-refractivity contribution < 1.29 is 8.42 Å². The summed E-state index contributed by atoms with van der Waals surface area (Å²) in [4.78, 5) is 0. The highest BCUT2D eigenvalue weighted by Gasteiger charge is 2.11. The Morgan fingerprint density at radius 3 is 2.33 bits per heavy atom. The van der Waals surface area contributed by atoms with Crippen LogP contribution in [-0.2, 0) is 10.2 Å². The van der Waals surface area contributed by atoms with Gasteiger partial charge in [0.15, 0.2) is 0 Å². The highest BCUT2D eigenvalue weighted by molar-refractivity contribution is 7.90. The Bertz CT molecular complexity index is 391. The number of rotatable bonds is 5. The Morgan fingerprint density at radius 2 is 1.80 bits per heavy atom. The van der Waals surface area contributed by atoms with Crippen LogP contribution >= 0.6 is 0 Å². The fourth-order valence-electron chi connectivity index (χ4n) is 0.982. The zero-order chi connectivity index (χ0) is 11.3. The summed E-state index contributed by atoms with van der Waals surface area (Å²) in [7, 11) is -1.83. The molecule has 0 aliphatic carbocycles. The van der Waals surface area contributed by atoms with Crippen LogP contribution in [0.5, 0.6) is 0 Å². The van der Waals surface area contributed by atoms with E-state index in [2.05, 4.69) is 14.8 Å². The molecule has 0 fully saturated rings. The van der Waals surface area contributed by atoms with Gasteiger partial charge in [-0.3, -0.25) is 4.72 Å². The largest absolute Gasteiger partial charge is 0.304 e. The predicted molar refractivity (Wildman–Crippen MR) is 60.6 cm³/mol. The van der Waals surface area contributed by atoms with E-state index < -0.39 is 10.2 Å². The number of hydrogen-bond donors (Lipinski definition) is 3. The summed E-state index contributed by atoms with van der Waals surface area (Å²) in [5.41, 5.74) is 0.535. The molecule has 15 heavy (non-hydrogen) atoms. The SMILES string of the molecule is CNC(C)NS(=O)(=O)Nc1ccccc1. The van der Waals surface area contributed by atoms with Gasteiger partial charge < -0.3 is 5.32 Å². The maximum atomic E-state index is 11.5. The van der Waals surface area contributed by atoms with Crippen molar-refractivity contribution in [3.05, 3.63) is 30.3 Å². The van der Waals surface area contributed by atoms with Crippen LogP contribution in [0.15, 0.2) is 30.3 Å². The zero-order valence-electron chi connectivity index (χ0n) is 8.69. The lowest BCUT2D eigenvalue weighted by Crippen LogP contribution is -2.43. The van der Waals surface area contributed by atoms with E-state index in [9.17, 15) is 8.42 Å². The normalized spacial score (nSPS) is 13.5. The molecule has 0 aliphatic rings. The molecule has 6 heteroatoms. The van der Waals surface area contributed by atoms with E-state index >= 15 is 0 Å². The van der Waals surface area contributed by atoms with Crippen molar-refractivity contribution in [1.29, 1.82) is 0 Å². The topological polar surface area (TPSA) is 70.2 Å². The van der Waals surface area contributed by atoms with Crippen molar-refractivity contribution >= 4 is 15.9 Å². The third kappa shape index (κ3) is 4.28. The van der Waals surface area contributed by atoms with Gasteiger partial charge in [0, 0.05) is 5.69 Å². The molecule has 84 valence electrons. The van der Waals surface area contributed by atoms with E-state index in [0.29, 0.717) is 5.69 Å². The van der Waals surface area contributed by atoms with E-state index in [4.69, 9.17) is 0 Å². The summed E-state index contributed by atoms with van der Waals surface area (Å²) in [6.45, 7) is 1.71. The second-order valence-corrected chi connectivity index (χ2v) is 4.55. The Morgan fingerprint density at radius 1 is 1.20 bits per heavy atom. The summed E-state index contributed by atoms with van der Waals surface area (Å²) in [5.74, 6) is 0. The molecule has 0 saturated carbocycles. The summed E-state index contributed by atoms with van der Waals surface area (Å²) in [5, 5.41) is 2.78. The fraction of sp³-hybridized carbons (Fsp3) is 0.333. The van der Waals surface area contributed by atoms with Crippen LogP contribution < -0.4 is 14.8 Å². The highest BCUT2D eigenvalue weighted by atomic mass is 32.2. The molecule has 1 aromatic rings. The minimum atomic E-state index is -3.51. The minimum absolute atomic E-state index is 0.314. The van der Waals surface area contributed by atoms with Crippen molar-refractivity contribution in [3.63, 3.8) is 0 Å². The molecule has 0 saturated heterocycles. The van der Waals surface area contributed by atoms with Gasteiger partial charge >= 0.3 is 0 Å². The van der Waals surface area contributed by atoms with Gasteiger partial charge in [-0.15, -0.1) is 0 Å². The van der Waals surface area contributed by atoms with Gasteiger partial charge in [-0.2, -0.15) is 13.1 Å². The van der Waals surface area contributed by atoms with E-state index in [0.717, 1.165) is 0 Å². The fourth-order valence-corrected chi connectivity index (χ4v) is 2.07. The molecule has 0 bridgehead atoms. The van der Waals surface area contributed by atoms with Gasteiger partial charge in [-0.1, -0.05) is 18.2 Å². The second kappa shape index (κ2) is 5.11. The van der Waals surface area contributed by atoms with E-state index in [1.807, 2.05) is 6.07 Å². The monoisotopic (exact) mass is 229 g/mol. The van der Waals surface area contributed by atoms with E-state index in [1.165, 1.54) is 0 Å². The Kier molecular flexibility index (Phi) is 4.07. The van der Waals surface area contributed by atoms with Crippen molar-refractivity contribution in [1.82, 2.24) is 10.0 Å². The maximum Gasteiger partial charge on any atom is 0.300 e. The summed E-state index contributed by atoms with van der Waals surface area (Å²) < 4.78 is 27.8. The first-order valence-electron chi connectivity index (χ1n) is 4.56. The summed E-state index contributed by atoms with van der Waals surface area (Å²) in [6.07, 6.45) is -0.314. The van der Waals surface area contributed by atoms with Crippen LogP contribution in [0.3, 0.4) is 0 Å². The molecule has 1 aromatic carbocycles. The average molecular weight is 229 g/mol. The molecule has 0 radical (unpaired) electrons. The van der Waals surface area contributed by atoms with Gasteiger partial charge in [0.2, 0.25) is 0 Å². The lowest BCUT2D eigenvalue weighted by molar-refractivity contribution is 0.538. The van der Waals surface area contributed by atoms with Crippen molar-refractivity contribution in [2.75, 3.05) is 11.8 Å². The standard InChI is InChI=1S/C9H15N3O2S/c1-8(10-2)11-15(13,14)12-9-6-4-3-5-7-9/h3-8,10-12H,1-2H3. The Hall–Kier alpha value is -1.11. The highest BCUT2D eigenvalue weighted by Crippen LogP contribution is 2.06. The lowest BCUT2D eigenvalue weighted by Gasteiger charge is -2.14. The molecular weight excluding hydrogens is 214 g/mol. The zero-order valence-corrected chi connectivity index (χ0v) is 9.51. The first-order chi connectivity index (χ1) is 7.03. The van der Waals surface area contributed by atoms with E-state index in [-0.39, 0.29) is 6.17 Å². The summed E-state index contributed by atoms with van der Waals surface area (Å²) >= 11 is 0. The smallest absolute Gasteiger partial charge is 0.300 e. The molecule has 0 aliphatic heterocycles.